The Kier molecular flexibility index (Phi) is 9.89. The Morgan fingerprint density at radius 3 is 2.28 bits per heavy atom. The lowest BCUT2D eigenvalue weighted by molar-refractivity contribution is -0.152. The fourth-order valence-electron chi connectivity index (χ4n) is 6.32. The molecule has 2 aromatic rings. The summed E-state index contributed by atoms with van der Waals surface area (Å²) in [4.78, 5) is 24.1. The van der Waals surface area contributed by atoms with Crippen LogP contribution < -0.4 is 5.32 Å². The van der Waals surface area contributed by atoms with E-state index in [0.29, 0.717) is 47.8 Å². The number of carboxylic acids is 1. The van der Waals surface area contributed by atoms with Crippen LogP contribution in [0.4, 0.5) is 13.2 Å². The highest BCUT2D eigenvalue weighted by Gasteiger charge is 2.40. The quantitative estimate of drug-likeness (QED) is 0.271. The molecule has 0 unspecified atom stereocenters. The molecule has 238 valence electrons. The third-order valence-electron chi connectivity index (χ3n) is 8.52. The van der Waals surface area contributed by atoms with Crippen molar-refractivity contribution in [2.75, 3.05) is 5.75 Å². The lowest BCUT2D eigenvalue weighted by atomic mass is 9.80. The number of carbonyl (C=O) groups excluding carboxylic acids is 1. The Hall–Kier alpha value is -2.24. The van der Waals surface area contributed by atoms with Crippen LogP contribution in [-0.4, -0.2) is 47.9 Å². The maximum atomic E-state index is 13.3. The number of benzene rings is 1. The maximum absolute atomic E-state index is 13.3. The van der Waals surface area contributed by atoms with E-state index in [0.717, 1.165) is 32.1 Å². The maximum Gasteiger partial charge on any atom is 0.389 e. The summed E-state index contributed by atoms with van der Waals surface area (Å²) < 4.78 is 67.6. The van der Waals surface area contributed by atoms with Crippen LogP contribution in [-0.2, 0) is 21.2 Å². The van der Waals surface area contributed by atoms with Gasteiger partial charge in [0.15, 0.2) is 9.84 Å². The lowest BCUT2D eigenvalue weighted by Gasteiger charge is -2.32. The number of hydrogen-bond acceptors (Lipinski definition) is 4. The van der Waals surface area contributed by atoms with Crippen LogP contribution in [0.25, 0.3) is 11.3 Å². The van der Waals surface area contributed by atoms with E-state index in [2.05, 4.69) is 5.32 Å². The van der Waals surface area contributed by atoms with Crippen LogP contribution in [0.3, 0.4) is 0 Å². The predicted molar refractivity (Wildman–Crippen MR) is 159 cm³/mol. The topological polar surface area (TPSA) is 105 Å². The summed E-state index contributed by atoms with van der Waals surface area (Å²) in [6.07, 6.45) is 0.310. The Morgan fingerprint density at radius 2 is 1.70 bits per heavy atom. The lowest BCUT2D eigenvalue weighted by Crippen LogP contribution is -2.46. The van der Waals surface area contributed by atoms with Gasteiger partial charge in [0.25, 0.3) is 5.91 Å². The summed E-state index contributed by atoms with van der Waals surface area (Å²) >= 11 is 13.2. The van der Waals surface area contributed by atoms with Gasteiger partial charge in [-0.05, 0) is 62.1 Å². The molecule has 0 radical (unpaired) electrons. The number of aliphatic carboxylic acids is 1. The Balaban J connectivity index is 1.69. The van der Waals surface area contributed by atoms with Gasteiger partial charge in [0.05, 0.1) is 37.9 Å². The first kappa shape index (κ1) is 33.6. The molecule has 4 rings (SSSR count). The molecule has 13 heteroatoms. The van der Waals surface area contributed by atoms with Crippen molar-refractivity contribution in [3.05, 3.63) is 39.5 Å². The summed E-state index contributed by atoms with van der Waals surface area (Å²) in [7, 11) is -4.24. The molecule has 1 aromatic carbocycles. The molecule has 2 aliphatic carbocycles. The highest BCUT2D eigenvalue weighted by Crippen LogP contribution is 2.42. The van der Waals surface area contributed by atoms with E-state index >= 15 is 0 Å². The molecule has 1 aromatic heterocycles. The zero-order valence-corrected chi connectivity index (χ0v) is 26.7. The van der Waals surface area contributed by atoms with Gasteiger partial charge < -0.3 is 15.0 Å². The van der Waals surface area contributed by atoms with Crippen LogP contribution in [0.15, 0.2) is 23.1 Å². The second kappa shape index (κ2) is 12.6. The number of sulfone groups is 1. The highest BCUT2D eigenvalue weighted by atomic mass is 35.5. The number of rotatable bonds is 10. The largest absolute Gasteiger partial charge is 0.481 e. The molecule has 0 aliphatic heterocycles. The summed E-state index contributed by atoms with van der Waals surface area (Å²) in [6.45, 7) is 4.90. The summed E-state index contributed by atoms with van der Waals surface area (Å²) in [5, 5.41) is 11.7. The average Bonchev–Trinajstić information content (AvgIpc) is 3.16. The molecule has 0 atom stereocenters. The Morgan fingerprint density at radius 1 is 1.07 bits per heavy atom. The van der Waals surface area contributed by atoms with Crippen LogP contribution in [0.5, 0.6) is 0 Å². The number of halogens is 5. The molecule has 2 aliphatic rings. The first-order chi connectivity index (χ1) is 19.9. The standard InChI is InChI=1S/C30H37Cl2F3N2O5S/c1-17-22(27(38)36-20-11-19(12-20)28(39)40)13-23(37(17)14-18-7-5-4-6-8-18)21-9-10-24(26(32)25(21)31)43(41,42)16-29(2,3)15-30(33,34)35/h9-10,13,18-20H,4-8,11-12,14-16H2,1-3H3,(H,36,38)(H,39,40). The number of nitrogens with zero attached hydrogens (tertiary/aromatic N) is 1. The minimum Gasteiger partial charge on any atom is -0.481 e. The van der Waals surface area contributed by atoms with Gasteiger partial charge in [-0.15, -0.1) is 0 Å². The van der Waals surface area contributed by atoms with E-state index in [9.17, 15) is 31.2 Å². The van der Waals surface area contributed by atoms with Crippen LogP contribution >= 0.6 is 23.2 Å². The fourth-order valence-corrected chi connectivity index (χ4v) is 9.09. The minimum atomic E-state index is -4.54. The fraction of sp³-hybridized carbons (Fsp3) is 0.600. The molecule has 1 heterocycles. The number of alkyl halides is 3. The van der Waals surface area contributed by atoms with E-state index in [1.165, 1.54) is 26.0 Å². The van der Waals surface area contributed by atoms with Crippen molar-refractivity contribution in [1.82, 2.24) is 9.88 Å². The van der Waals surface area contributed by atoms with Crippen molar-refractivity contribution in [2.24, 2.45) is 17.3 Å². The van der Waals surface area contributed by atoms with Gasteiger partial charge in [0, 0.05) is 30.3 Å². The summed E-state index contributed by atoms with van der Waals surface area (Å²) in [5.74, 6) is -2.12. The van der Waals surface area contributed by atoms with Crippen molar-refractivity contribution in [2.45, 2.75) is 95.8 Å². The molecule has 2 saturated carbocycles. The van der Waals surface area contributed by atoms with Crippen molar-refractivity contribution >= 4 is 44.9 Å². The van der Waals surface area contributed by atoms with Gasteiger partial charge in [-0.1, -0.05) is 56.3 Å². The smallest absolute Gasteiger partial charge is 0.389 e. The molecular formula is C30H37Cl2F3N2O5S. The van der Waals surface area contributed by atoms with E-state index in [1.807, 2.05) is 11.5 Å². The zero-order chi connectivity index (χ0) is 31.9. The van der Waals surface area contributed by atoms with Gasteiger partial charge in [-0.3, -0.25) is 9.59 Å². The third-order valence-corrected chi connectivity index (χ3v) is 11.7. The van der Waals surface area contributed by atoms with E-state index in [1.54, 1.807) is 6.07 Å². The number of hydrogen-bond donors (Lipinski definition) is 2. The molecule has 2 fully saturated rings. The third kappa shape index (κ3) is 7.89. The Labute approximate surface area is 260 Å². The monoisotopic (exact) mass is 664 g/mol. The second-order valence-corrected chi connectivity index (χ2v) is 15.5. The normalized spacial score (nSPS) is 20.1. The SMILES string of the molecule is Cc1c(C(=O)NC2CC(C(=O)O)C2)cc(-c2ccc(S(=O)(=O)CC(C)(C)CC(F)(F)F)c(Cl)c2Cl)n1CC1CCCCC1. The molecule has 2 N–H and O–H groups in total. The van der Waals surface area contributed by atoms with Crippen LogP contribution in [0.1, 0.15) is 81.3 Å². The van der Waals surface area contributed by atoms with Gasteiger partial charge in [0.2, 0.25) is 0 Å². The first-order valence-corrected chi connectivity index (χ1v) is 16.8. The molecule has 7 nitrogen and oxygen atoms in total. The molecule has 0 bridgehead atoms. The number of amides is 1. The number of aromatic nitrogens is 1. The van der Waals surface area contributed by atoms with Gasteiger partial charge in [-0.25, -0.2) is 8.42 Å². The minimum absolute atomic E-state index is 0.0750. The van der Waals surface area contributed by atoms with Gasteiger partial charge >= 0.3 is 12.1 Å². The van der Waals surface area contributed by atoms with Crippen LogP contribution in [0.2, 0.25) is 10.0 Å². The summed E-state index contributed by atoms with van der Waals surface area (Å²) in [5.41, 5.74) is 0.448. The highest BCUT2D eigenvalue weighted by molar-refractivity contribution is 7.91. The predicted octanol–water partition coefficient (Wildman–Crippen LogP) is 7.70. The van der Waals surface area contributed by atoms with Crippen LogP contribution in [0, 0.1) is 24.2 Å². The van der Waals surface area contributed by atoms with Crippen molar-refractivity contribution in [3.8, 4) is 11.3 Å². The van der Waals surface area contributed by atoms with E-state index < -0.39 is 45.5 Å². The van der Waals surface area contributed by atoms with Crippen molar-refractivity contribution in [1.29, 1.82) is 0 Å². The summed E-state index contributed by atoms with van der Waals surface area (Å²) in [6, 6.07) is 4.17. The van der Waals surface area contributed by atoms with E-state index in [-0.39, 0.29) is 26.9 Å². The molecule has 1 amide bonds. The van der Waals surface area contributed by atoms with E-state index in [4.69, 9.17) is 28.3 Å². The van der Waals surface area contributed by atoms with Crippen molar-refractivity contribution in [3.63, 3.8) is 0 Å². The molecule has 0 saturated heterocycles. The second-order valence-electron chi connectivity index (χ2n) is 12.8. The zero-order valence-electron chi connectivity index (χ0n) is 24.4. The molecule has 43 heavy (non-hydrogen) atoms. The molecular weight excluding hydrogens is 628 g/mol. The number of carboxylic acid groups (broad SMARTS) is 1. The van der Waals surface area contributed by atoms with Gasteiger partial charge in [-0.2, -0.15) is 13.2 Å². The average molecular weight is 666 g/mol. The molecule has 0 spiro atoms. The number of nitrogens with one attached hydrogen (secondary N) is 1. The number of carbonyl (C=O) groups is 2. The van der Waals surface area contributed by atoms with Crippen molar-refractivity contribution < 1.29 is 36.3 Å². The first-order valence-electron chi connectivity index (χ1n) is 14.4. The Bertz CT molecular complexity index is 1490. The van der Waals surface area contributed by atoms with Gasteiger partial charge in [0.1, 0.15) is 0 Å².